The van der Waals surface area contributed by atoms with E-state index in [1.807, 2.05) is 59.3 Å². The van der Waals surface area contributed by atoms with E-state index in [-0.39, 0.29) is 4.91 Å². The predicted molar refractivity (Wildman–Crippen MR) is 113 cm³/mol. The second-order valence-electron chi connectivity index (χ2n) is 6.48. The molecule has 1 saturated heterocycles. The number of benzene rings is 2. The molecule has 0 atom stereocenters. The van der Waals surface area contributed by atoms with Crippen LogP contribution in [0.5, 0.6) is 0 Å². The van der Waals surface area contributed by atoms with E-state index in [4.69, 9.17) is 16.7 Å². The monoisotopic (exact) mass is 426 g/mol. The molecule has 0 spiro atoms. The summed E-state index contributed by atoms with van der Waals surface area (Å²) >= 11 is 7.05. The summed E-state index contributed by atoms with van der Waals surface area (Å²) < 4.78 is 2.03. The first-order valence-corrected chi connectivity index (χ1v) is 9.92. The number of carbonyl (C=O) groups is 3. The third kappa shape index (κ3) is 3.79. The Labute approximate surface area is 175 Å². The summed E-state index contributed by atoms with van der Waals surface area (Å²) in [6, 6.07) is 15.3. The molecule has 2 aromatic carbocycles. The van der Waals surface area contributed by atoms with Crippen molar-refractivity contribution in [2.45, 2.75) is 6.54 Å². The van der Waals surface area contributed by atoms with Gasteiger partial charge in [0.25, 0.3) is 11.1 Å². The van der Waals surface area contributed by atoms with Crippen molar-refractivity contribution in [1.82, 2.24) is 9.47 Å². The molecule has 146 valence electrons. The van der Waals surface area contributed by atoms with Crippen molar-refractivity contribution in [3.8, 4) is 0 Å². The summed E-state index contributed by atoms with van der Waals surface area (Å²) in [5.74, 6) is -1.82. The topological polar surface area (TPSA) is 79.6 Å². The summed E-state index contributed by atoms with van der Waals surface area (Å²) in [6.45, 7) is -0.0925. The minimum Gasteiger partial charge on any atom is -0.480 e. The van der Waals surface area contributed by atoms with E-state index in [0.717, 1.165) is 38.7 Å². The highest BCUT2D eigenvalue weighted by molar-refractivity contribution is 8.18. The number of para-hydroxylation sites is 1. The van der Waals surface area contributed by atoms with Gasteiger partial charge < -0.3 is 9.67 Å². The van der Waals surface area contributed by atoms with Crippen molar-refractivity contribution in [3.63, 3.8) is 0 Å². The van der Waals surface area contributed by atoms with Crippen molar-refractivity contribution in [2.75, 3.05) is 6.54 Å². The maximum absolute atomic E-state index is 12.5. The third-order valence-electron chi connectivity index (χ3n) is 4.57. The largest absolute Gasteiger partial charge is 0.480 e. The van der Waals surface area contributed by atoms with E-state index in [2.05, 4.69) is 0 Å². The van der Waals surface area contributed by atoms with Gasteiger partial charge in [-0.15, -0.1) is 0 Å². The normalized spacial score (nSPS) is 15.6. The zero-order valence-electron chi connectivity index (χ0n) is 15.0. The van der Waals surface area contributed by atoms with Crippen LogP contribution in [0.3, 0.4) is 0 Å². The molecule has 1 N–H and O–H groups in total. The molecule has 6 nitrogen and oxygen atoms in total. The number of hydrogen-bond acceptors (Lipinski definition) is 4. The highest BCUT2D eigenvalue weighted by atomic mass is 35.5. The molecular weight excluding hydrogens is 412 g/mol. The lowest BCUT2D eigenvalue weighted by Gasteiger charge is -2.07. The molecule has 2 amide bonds. The minimum absolute atomic E-state index is 0.205. The van der Waals surface area contributed by atoms with Crippen LogP contribution in [0.4, 0.5) is 4.79 Å². The third-order valence-corrected chi connectivity index (χ3v) is 5.85. The summed E-state index contributed by atoms with van der Waals surface area (Å²) in [4.78, 5) is 36.3. The second-order valence-corrected chi connectivity index (χ2v) is 7.88. The summed E-state index contributed by atoms with van der Waals surface area (Å²) in [6.07, 6.45) is 3.54. The van der Waals surface area contributed by atoms with Gasteiger partial charge in [-0.25, -0.2) is 0 Å². The molecule has 0 radical (unpaired) electrons. The van der Waals surface area contributed by atoms with Crippen LogP contribution in [0.25, 0.3) is 17.0 Å². The summed E-state index contributed by atoms with van der Waals surface area (Å²) in [5, 5.41) is 9.91. The van der Waals surface area contributed by atoms with Crippen LogP contribution in [0.2, 0.25) is 5.02 Å². The Balaban J connectivity index is 1.73. The molecule has 0 saturated carbocycles. The zero-order valence-corrected chi connectivity index (χ0v) is 16.6. The van der Waals surface area contributed by atoms with Crippen LogP contribution < -0.4 is 0 Å². The number of imide groups is 1. The molecule has 0 bridgehead atoms. The predicted octanol–water partition coefficient (Wildman–Crippen LogP) is 4.46. The van der Waals surface area contributed by atoms with E-state index >= 15 is 0 Å². The lowest BCUT2D eigenvalue weighted by molar-refractivity contribution is -0.140. The molecule has 3 aromatic rings. The van der Waals surface area contributed by atoms with Gasteiger partial charge in [0.05, 0.1) is 4.91 Å². The lowest BCUT2D eigenvalue weighted by Crippen LogP contribution is -2.33. The van der Waals surface area contributed by atoms with E-state index in [1.165, 1.54) is 0 Å². The number of rotatable bonds is 5. The smallest absolute Gasteiger partial charge is 0.323 e. The number of carbonyl (C=O) groups excluding carboxylic acids is 2. The quantitative estimate of drug-likeness (QED) is 0.609. The molecule has 0 aliphatic carbocycles. The van der Waals surface area contributed by atoms with Crippen molar-refractivity contribution in [1.29, 1.82) is 0 Å². The van der Waals surface area contributed by atoms with Gasteiger partial charge in [-0.1, -0.05) is 48.0 Å². The van der Waals surface area contributed by atoms with Gasteiger partial charge in [0.2, 0.25) is 0 Å². The molecule has 0 unspecified atom stereocenters. The van der Waals surface area contributed by atoms with Gasteiger partial charge in [0.15, 0.2) is 0 Å². The van der Waals surface area contributed by atoms with Crippen molar-refractivity contribution in [2.24, 2.45) is 0 Å². The van der Waals surface area contributed by atoms with Crippen LogP contribution in [-0.2, 0) is 16.1 Å². The Morgan fingerprint density at radius 1 is 1.10 bits per heavy atom. The average Bonchev–Trinajstić information content (AvgIpc) is 3.16. The van der Waals surface area contributed by atoms with Crippen LogP contribution in [-0.4, -0.2) is 38.2 Å². The van der Waals surface area contributed by atoms with Crippen LogP contribution in [0.15, 0.2) is 59.6 Å². The number of fused-ring (bicyclic) bond motifs is 1. The van der Waals surface area contributed by atoms with Gasteiger partial charge in [-0.3, -0.25) is 19.3 Å². The van der Waals surface area contributed by atoms with E-state index in [1.54, 1.807) is 6.08 Å². The van der Waals surface area contributed by atoms with Gasteiger partial charge >= 0.3 is 5.97 Å². The molecule has 1 aliphatic rings. The maximum Gasteiger partial charge on any atom is 0.323 e. The highest BCUT2D eigenvalue weighted by Crippen LogP contribution is 2.34. The standard InChI is InChI=1S/C21H15ClN2O4S/c22-16-7-3-1-5-13(16)10-23-11-14(15-6-2-4-8-17(15)23)9-18-20(27)24(12-19(25)26)21(28)29-18/h1-9,11H,10,12H2,(H,25,26)/b18-9+. The van der Waals surface area contributed by atoms with E-state index in [0.29, 0.717) is 11.6 Å². The average molecular weight is 427 g/mol. The number of aromatic nitrogens is 1. The van der Waals surface area contributed by atoms with Gasteiger partial charge in [0.1, 0.15) is 6.54 Å². The molecule has 1 fully saturated rings. The number of thioether (sulfide) groups is 1. The van der Waals surface area contributed by atoms with Crippen molar-refractivity contribution in [3.05, 3.63) is 75.8 Å². The van der Waals surface area contributed by atoms with Crippen molar-refractivity contribution >= 4 is 57.5 Å². The Kier molecular flexibility index (Phi) is 5.17. The lowest BCUT2D eigenvalue weighted by atomic mass is 10.1. The van der Waals surface area contributed by atoms with Crippen LogP contribution in [0.1, 0.15) is 11.1 Å². The van der Waals surface area contributed by atoms with Crippen LogP contribution in [0, 0.1) is 0 Å². The summed E-state index contributed by atoms with van der Waals surface area (Å²) in [7, 11) is 0. The first-order chi connectivity index (χ1) is 13.9. The zero-order chi connectivity index (χ0) is 20.5. The Morgan fingerprint density at radius 2 is 1.83 bits per heavy atom. The molecule has 8 heteroatoms. The van der Waals surface area contributed by atoms with E-state index < -0.39 is 23.7 Å². The number of amides is 2. The van der Waals surface area contributed by atoms with Crippen LogP contribution >= 0.6 is 23.4 Å². The Morgan fingerprint density at radius 3 is 2.59 bits per heavy atom. The summed E-state index contributed by atoms with van der Waals surface area (Å²) in [5.41, 5.74) is 2.69. The maximum atomic E-state index is 12.5. The highest BCUT2D eigenvalue weighted by Gasteiger charge is 2.36. The first-order valence-electron chi connectivity index (χ1n) is 8.72. The molecule has 2 heterocycles. The number of hydrogen-bond donors (Lipinski definition) is 1. The number of carboxylic acids is 1. The van der Waals surface area contributed by atoms with Gasteiger partial charge in [-0.05, 0) is 35.5 Å². The molecule has 29 heavy (non-hydrogen) atoms. The van der Waals surface area contributed by atoms with Crippen molar-refractivity contribution < 1.29 is 19.5 Å². The number of carboxylic acid groups (broad SMARTS) is 1. The SMILES string of the molecule is O=C(O)CN1C(=O)S/C(=C/c2cn(Cc3ccccc3Cl)c3ccccc23)C1=O. The molecular formula is C21H15ClN2O4S. The fourth-order valence-electron chi connectivity index (χ4n) is 3.24. The van der Waals surface area contributed by atoms with E-state index in [9.17, 15) is 14.4 Å². The molecule has 1 aromatic heterocycles. The van der Waals surface area contributed by atoms with Gasteiger partial charge in [0, 0.05) is 34.2 Å². The molecule has 1 aliphatic heterocycles. The minimum atomic E-state index is -1.23. The molecule has 4 rings (SSSR count). The number of halogens is 1. The van der Waals surface area contributed by atoms with Gasteiger partial charge in [-0.2, -0.15) is 0 Å². The second kappa shape index (κ2) is 7.77. The first kappa shape index (κ1) is 19.3. The Hall–Kier alpha value is -3.03. The number of aliphatic carboxylic acids is 1. The Bertz CT molecular complexity index is 1180. The number of nitrogens with zero attached hydrogens (tertiary/aromatic N) is 2. The fourth-order valence-corrected chi connectivity index (χ4v) is 4.27. The fraction of sp³-hybridized carbons (Fsp3) is 0.0952.